The second kappa shape index (κ2) is 8.96. The van der Waals surface area contributed by atoms with E-state index in [1.807, 2.05) is 6.20 Å². The van der Waals surface area contributed by atoms with Crippen molar-refractivity contribution in [2.24, 2.45) is 0 Å². The van der Waals surface area contributed by atoms with Gasteiger partial charge in [-0.05, 0) is 13.3 Å². The molecule has 88 valence electrons. The van der Waals surface area contributed by atoms with Crippen LogP contribution in [0.5, 0.6) is 0 Å². The second-order valence-electron chi connectivity index (χ2n) is 3.94. The number of halogens is 1. The topological polar surface area (TPSA) is 17.8 Å². The molecule has 0 saturated heterocycles. The quantitative estimate of drug-likeness (QED) is 0.684. The van der Waals surface area contributed by atoms with Crippen molar-refractivity contribution in [3.05, 3.63) is 18.2 Å². The molecule has 3 heteroatoms. The number of nitrogens with zero attached hydrogens (tertiary/aromatic N) is 2. The summed E-state index contributed by atoms with van der Waals surface area (Å²) in [6.45, 7) is 5.46. The van der Waals surface area contributed by atoms with Gasteiger partial charge in [-0.15, -0.1) is 17.0 Å². The van der Waals surface area contributed by atoms with Crippen LogP contribution in [0, 0.1) is 6.92 Å². The summed E-state index contributed by atoms with van der Waals surface area (Å²) in [5.74, 6) is 1.14. The van der Waals surface area contributed by atoms with Gasteiger partial charge >= 0.3 is 0 Å². The fourth-order valence-electron chi connectivity index (χ4n) is 1.70. The third-order valence-corrected chi connectivity index (χ3v) is 2.68. The van der Waals surface area contributed by atoms with E-state index < -0.39 is 0 Å². The van der Waals surface area contributed by atoms with Gasteiger partial charge in [0.2, 0.25) is 0 Å². The molecule has 0 bridgehead atoms. The first-order valence-electron chi connectivity index (χ1n) is 5.82. The lowest BCUT2D eigenvalue weighted by molar-refractivity contribution is 0.551. The van der Waals surface area contributed by atoms with Crippen LogP contribution in [0.2, 0.25) is 0 Å². The van der Waals surface area contributed by atoms with Crippen LogP contribution in [0.25, 0.3) is 0 Å². The van der Waals surface area contributed by atoms with Gasteiger partial charge in [0.25, 0.3) is 0 Å². The molecule has 0 spiro atoms. The smallest absolute Gasteiger partial charge is 0.105 e. The van der Waals surface area contributed by atoms with Crippen LogP contribution in [0.15, 0.2) is 12.4 Å². The van der Waals surface area contributed by atoms with Crippen molar-refractivity contribution in [1.82, 2.24) is 9.55 Å². The normalized spacial score (nSPS) is 10.0. The number of aryl methyl sites for hydroxylation is 2. The molecule has 0 aromatic carbocycles. The van der Waals surface area contributed by atoms with Crippen molar-refractivity contribution in [3.8, 4) is 0 Å². The fraction of sp³-hybridized carbons (Fsp3) is 0.750. The number of hydrogen-bond acceptors (Lipinski definition) is 1. The number of unbranched alkanes of at least 4 members (excludes halogenated alkanes) is 5. The van der Waals surface area contributed by atoms with E-state index in [0.717, 1.165) is 12.4 Å². The summed E-state index contributed by atoms with van der Waals surface area (Å²) < 4.78 is 2.24. The molecule has 2 nitrogen and oxygen atoms in total. The van der Waals surface area contributed by atoms with Crippen LogP contribution in [0.1, 0.15) is 51.3 Å². The average Bonchev–Trinajstić information content (AvgIpc) is 2.58. The lowest BCUT2D eigenvalue weighted by Gasteiger charge is -2.04. The molecule has 1 rings (SSSR count). The first-order chi connectivity index (χ1) is 6.84. The van der Waals surface area contributed by atoms with E-state index in [0.29, 0.717) is 0 Å². The Balaban J connectivity index is 0.00000196. The molecule has 1 aromatic heterocycles. The van der Waals surface area contributed by atoms with E-state index in [1.165, 1.54) is 38.5 Å². The second-order valence-corrected chi connectivity index (χ2v) is 3.94. The van der Waals surface area contributed by atoms with Crippen molar-refractivity contribution >= 4 is 17.0 Å². The van der Waals surface area contributed by atoms with Gasteiger partial charge in [-0.25, -0.2) is 4.98 Å². The zero-order valence-corrected chi connectivity index (χ0v) is 11.6. The highest BCUT2D eigenvalue weighted by Gasteiger charge is 1.95. The maximum atomic E-state index is 4.21. The van der Waals surface area contributed by atoms with Crippen LogP contribution >= 0.6 is 17.0 Å². The predicted octanol–water partition coefficient (Wildman–Crippen LogP) is 4.13. The van der Waals surface area contributed by atoms with E-state index in [4.69, 9.17) is 0 Å². The zero-order chi connectivity index (χ0) is 10.2. The van der Waals surface area contributed by atoms with Gasteiger partial charge < -0.3 is 4.57 Å². The molecule has 0 aliphatic rings. The van der Waals surface area contributed by atoms with E-state index in [1.54, 1.807) is 0 Å². The summed E-state index contributed by atoms with van der Waals surface area (Å²) in [6.07, 6.45) is 12.1. The van der Waals surface area contributed by atoms with Gasteiger partial charge in [0.05, 0.1) is 0 Å². The Hall–Kier alpha value is -0.310. The molecular formula is C12H23BrN2. The summed E-state index contributed by atoms with van der Waals surface area (Å²) >= 11 is 0. The van der Waals surface area contributed by atoms with Crippen LogP contribution in [0.3, 0.4) is 0 Å². The first kappa shape index (κ1) is 14.7. The fourth-order valence-corrected chi connectivity index (χ4v) is 1.70. The van der Waals surface area contributed by atoms with Gasteiger partial charge in [0.15, 0.2) is 0 Å². The standard InChI is InChI=1S/C12H22N2.BrH/c1-3-4-5-6-7-8-10-14-11-9-13-12(14)2;/h9,11H,3-8,10H2,1-2H3;1H. The van der Waals surface area contributed by atoms with E-state index >= 15 is 0 Å². The minimum Gasteiger partial charge on any atom is -0.335 e. The Kier molecular flexibility index (Phi) is 8.77. The van der Waals surface area contributed by atoms with E-state index in [2.05, 4.69) is 29.6 Å². The lowest BCUT2D eigenvalue weighted by atomic mass is 10.1. The van der Waals surface area contributed by atoms with Crippen molar-refractivity contribution < 1.29 is 0 Å². The Morgan fingerprint density at radius 2 is 1.80 bits per heavy atom. The Labute approximate surface area is 104 Å². The van der Waals surface area contributed by atoms with Gasteiger partial charge in [-0.2, -0.15) is 0 Å². The highest BCUT2D eigenvalue weighted by atomic mass is 79.9. The SMILES string of the molecule is Br.CCCCCCCCn1ccnc1C. The summed E-state index contributed by atoms with van der Waals surface area (Å²) in [5, 5.41) is 0. The Morgan fingerprint density at radius 3 is 2.40 bits per heavy atom. The molecule has 0 N–H and O–H groups in total. The highest BCUT2D eigenvalue weighted by Crippen LogP contribution is 2.06. The van der Waals surface area contributed by atoms with Gasteiger partial charge in [0, 0.05) is 18.9 Å². The lowest BCUT2D eigenvalue weighted by Crippen LogP contribution is -1.98. The minimum absolute atomic E-state index is 0. The largest absolute Gasteiger partial charge is 0.335 e. The van der Waals surface area contributed by atoms with Crippen molar-refractivity contribution in [2.75, 3.05) is 0 Å². The van der Waals surface area contributed by atoms with Crippen LogP contribution < -0.4 is 0 Å². The van der Waals surface area contributed by atoms with Gasteiger partial charge in [-0.3, -0.25) is 0 Å². The molecular weight excluding hydrogens is 252 g/mol. The molecule has 15 heavy (non-hydrogen) atoms. The Bertz CT molecular complexity index is 246. The highest BCUT2D eigenvalue weighted by molar-refractivity contribution is 8.93. The molecule has 0 saturated carbocycles. The van der Waals surface area contributed by atoms with Crippen LogP contribution in [-0.4, -0.2) is 9.55 Å². The first-order valence-corrected chi connectivity index (χ1v) is 5.82. The maximum absolute atomic E-state index is 4.21. The third-order valence-electron chi connectivity index (χ3n) is 2.68. The summed E-state index contributed by atoms with van der Waals surface area (Å²) in [6, 6.07) is 0. The van der Waals surface area contributed by atoms with Crippen LogP contribution in [-0.2, 0) is 6.54 Å². The van der Waals surface area contributed by atoms with Crippen LogP contribution in [0.4, 0.5) is 0 Å². The number of aromatic nitrogens is 2. The number of imidazole rings is 1. The monoisotopic (exact) mass is 274 g/mol. The van der Waals surface area contributed by atoms with Gasteiger partial charge in [0.1, 0.15) is 5.82 Å². The molecule has 0 aliphatic heterocycles. The number of hydrogen-bond donors (Lipinski definition) is 0. The third kappa shape index (κ3) is 5.98. The summed E-state index contributed by atoms with van der Waals surface area (Å²) in [5.41, 5.74) is 0. The molecule has 1 heterocycles. The molecule has 0 fully saturated rings. The van der Waals surface area contributed by atoms with Crippen molar-refractivity contribution in [2.45, 2.75) is 58.9 Å². The molecule has 0 amide bonds. The van der Waals surface area contributed by atoms with Gasteiger partial charge in [-0.1, -0.05) is 39.0 Å². The number of rotatable bonds is 7. The predicted molar refractivity (Wildman–Crippen MR) is 70.7 cm³/mol. The molecule has 0 unspecified atom stereocenters. The maximum Gasteiger partial charge on any atom is 0.105 e. The van der Waals surface area contributed by atoms with E-state index in [-0.39, 0.29) is 17.0 Å². The Morgan fingerprint density at radius 1 is 1.13 bits per heavy atom. The van der Waals surface area contributed by atoms with Crippen molar-refractivity contribution in [3.63, 3.8) is 0 Å². The average molecular weight is 275 g/mol. The molecule has 1 aromatic rings. The van der Waals surface area contributed by atoms with Crippen molar-refractivity contribution in [1.29, 1.82) is 0 Å². The zero-order valence-electron chi connectivity index (χ0n) is 9.91. The minimum atomic E-state index is 0. The molecule has 0 atom stereocenters. The van der Waals surface area contributed by atoms with E-state index in [9.17, 15) is 0 Å². The molecule has 0 radical (unpaired) electrons. The molecule has 0 aliphatic carbocycles. The summed E-state index contributed by atoms with van der Waals surface area (Å²) in [7, 11) is 0. The summed E-state index contributed by atoms with van der Waals surface area (Å²) in [4.78, 5) is 4.21.